The van der Waals surface area contributed by atoms with E-state index in [1.54, 1.807) is 0 Å². The van der Waals surface area contributed by atoms with Gasteiger partial charge in [0, 0.05) is 6.54 Å². The van der Waals surface area contributed by atoms with E-state index in [1.165, 1.54) is 6.42 Å². The quantitative estimate of drug-likeness (QED) is 0.461. The van der Waals surface area contributed by atoms with Crippen molar-refractivity contribution < 1.29 is 0 Å². The van der Waals surface area contributed by atoms with E-state index in [-0.39, 0.29) is 0 Å². The van der Waals surface area contributed by atoms with Gasteiger partial charge in [-0.3, -0.25) is 4.99 Å². The summed E-state index contributed by atoms with van der Waals surface area (Å²) in [6.45, 7) is 8.50. The molecule has 0 bridgehead atoms. The maximum Gasteiger partial charge on any atom is 0.0640 e. The van der Waals surface area contributed by atoms with Crippen LogP contribution in [0.5, 0.6) is 0 Å². The number of rotatable bonds is 5. The molecule has 1 nitrogen and oxygen atoms in total. The molecule has 0 heterocycles. The standard InChI is InChI=1S/C13H17N/c1-3-4-5-8-11-14-13-10-7-6-9-12(13)2/h3,6-7,9-10H,1-2,4-5,8,11H2. The second-order valence-electron chi connectivity index (χ2n) is 3.29. The summed E-state index contributed by atoms with van der Waals surface area (Å²) in [7, 11) is 0. The van der Waals surface area contributed by atoms with Crippen LogP contribution in [0.25, 0.3) is 0 Å². The van der Waals surface area contributed by atoms with E-state index in [0.717, 1.165) is 30.7 Å². The highest BCUT2D eigenvalue weighted by atomic mass is 14.7. The molecule has 0 spiro atoms. The van der Waals surface area contributed by atoms with Crippen molar-refractivity contribution in [2.24, 2.45) is 4.99 Å². The Morgan fingerprint density at radius 3 is 2.71 bits per heavy atom. The molecule has 0 radical (unpaired) electrons. The molecule has 74 valence electrons. The number of hydrogen-bond donors (Lipinski definition) is 0. The van der Waals surface area contributed by atoms with E-state index < -0.39 is 0 Å². The Morgan fingerprint density at radius 2 is 2.00 bits per heavy atom. The van der Waals surface area contributed by atoms with Gasteiger partial charge in [-0.25, -0.2) is 0 Å². The van der Waals surface area contributed by atoms with Crippen LogP contribution in [-0.4, -0.2) is 12.3 Å². The molecule has 0 aromatic carbocycles. The van der Waals surface area contributed by atoms with Crippen molar-refractivity contribution in [1.82, 2.24) is 0 Å². The minimum Gasteiger partial charge on any atom is -0.285 e. The Bertz CT molecular complexity index is 292. The first kappa shape index (κ1) is 10.7. The normalized spacial score (nSPS) is 17.7. The molecule has 1 aliphatic carbocycles. The van der Waals surface area contributed by atoms with Gasteiger partial charge in [0.25, 0.3) is 0 Å². The molecule has 0 amide bonds. The lowest BCUT2D eigenvalue weighted by Crippen LogP contribution is -1.99. The zero-order chi connectivity index (χ0) is 10.2. The zero-order valence-corrected chi connectivity index (χ0v) is 8.58. The van der Waals surface area contributed by atoms with Crippen molar-refractivity contribution in [2.75, 3.05) is 6.54 Å². The number of allylic oxidation sites excluding steroid dienone is 6. The van der Waals surface area contributed by atoms with Gasteiger partial charge >= 0.3 is 0 Å². The lowest BCUT2D eigenvalue weighted by molar-refractivity contribution is 0.760. The first-order valence-electron chi connectivity index (χ1n) is 5.04. The molecule has 0 N–H and O–H groups in total. The van der Waals surface area contributed by atoms with Crippen LogP contribution in [0.1, 0.15) is 19.3 Å². The summed E-state index contributed by atoms with van der Waals surface area (Å²) < 4.78 is 0. The van der Waals surface area contributed by atoms with Gasteiger partial charge in [0.05, 0.1) is 5.71 Å². The Labute approximate surface area is 86.2 Å². The van der Waals surface area contributed by atoms with Crippen molar-refractivity contribution in [3.05, 3.63) is 49.1 Å². The molecule has 0 aromatic rings. The van der Waals surface area contributed by atoms with E-state index in [2.05, 4.69) is 18.2 Å². The maximum absolute atomic E-state index is 4.48. The Kier molecular flexibility index (Phi) is 4.70. The third-order valence-corrected chi connectivity index (χ3v) is 2.09. The molecule has 1 heteroatoms. The lowest BCUT2D eigenvalue weighted by atomic mass is 10.1. The number of unbranched alkanes of at least 4 members (excludes halogenated alkanes) is 2. The van der Waals surface area contributed by atoms with Crippen molar-refractivity contribution in [1.29, 1.82) is 0 Å². The van der Waals surface area contributed by atoms with Crippen LogP contribution in [0.4, 0.5) is 0 Å². The Morgan fingerprint density at radius 1 is 1.21 bits per heavy atom. The molecule has 0 fully saturated rings. The second-order valence-corrected chi connectivity index (χ2v) is 3.29. The molecule has 0 atom stereocenters. The Balaban J connectivity index is 2.30. The van der Waals surface area contributed by atoms with Crippen LogP contribution in [0.3, 0.4) is 0 Å². The maximum atomic E-state index is 4.48. The second kappa shape index (κ2) is 6.14. The summed E-state index contributed by atoms with van der Waals surface area (Å²) in [6, 6.07) is 0. The largest absolute Gasteiger partial charge is 0.285 e. The summed E-state index contributed by atoms with van der Waals surface area (Å²) in [5.41, 5.74) is 2.03. The van der Waals surface area contributed by atoms with Crippen LogP contribution in [0, 0.1) is 0 Å². The Hall–Kier alpha value is -1.37. The summed E-state index contributed by atoms with van der Waals surface area (Å²) in [6.07, 6.45) is 13.3. The summed E-state index contributed by atoms with van der Waals surface area (Å²) in [5.74, 6) is 0. The number of nitrogens with zero attached hydrogens (tertiary/aromatic N) is 1. The monoisotopic (exact) mass is 187 g/mol. The van der Waals surface area contributed by atoms with Gasteiger partial charge in [0.2, 0.25) is 0 Å². The van der Waals surface area contributed by atoms with E-state index in [1.807, 2.05) is 30.4 Å². The smallest absolute Gasteiger partial charge is 0.0640 e. The van der Waals surface area contributed by atoms with E-state index in [0.29, 0.717) is 0 Å². The summed E-state index contributed by atoms with van der Waals surface area (Å²) in [5, 5.41) is 0. The topological polar surface area (TPSA) is 12.4 Å². The first-order chi connectivity index (χ1) is 6.84. The molecule has 1 aliphatic rings. The van der Waals surface area contributed by atoms with E-state index in [9.17, 15) is 0 Å². The third-order valence-electron chi connectivity index (χ3n) is 2.09. The fourth-order valence-corrected chi connectivity index (χ4v) is 1.27. The van der Waals surface area contributed by atoms with Gasteiger partial charge < -0.3 is 0 Å². The fraction of sp³-hybridized carbons (Fsp3) is 0.308. The molecule has 0 saturated heterocycles. The molecule has 14 heavy (non-hydrogen) atoms. The molecular weight excluding hydrogens is 170 g/mol. The lowest BCUT2D eigenvalue weighted by Gasteiger charge is -2.04. The molecule has 0 aliphatic heterocycles. The van der Waals surface area contributed by atoms with Crippen molar-refractivity contribution in [3.8, 4) is 0 Å². The van der Waals surface area contributed by atoms with Crippen LogP contribution < -0.4 is 0 Å². The predicted molar refractivity (Wildman–Crippen MR) is 63.8 cm³/mol. The summed E-state index contributed by atoms with van der Waals surface area (Å²) in [4.78, 5) is 4.48. The van der Waals surface area contributed by atoms with E-state index in [4.69, 9.17) is 0 Å². The van der Waals surface area contributed by atoms with E-state index >= 15 is 0 Å². The molecule has 0 unspecified atom stereocenters. The molecule has 0 aromatic heterocycles. The zero-order valence-electron chi connectivity index (χ0n) is 8.58. The third kappa shape index (κ3) is 3.56. The van der Waals surface area contributed by atoms with Gasteiger partial charge in [-0.15, -0.1) is 6.58 Å². The SMILES string of the molecule is C=CCCCCN=C1C=CC=CC1=C. The van der Waals surface area contributed by atoms with Crippen LogP contribution in [-0.2, 0) is 0 Å². The number of hydrogen-bond acceptors (Lipinski definition) is 1. The average Bonchev–Trinajstić information content (AvgIpc) is 2.20. The molecule has 1 rings (SSSR count). The highest BCUT2D eigenvalue weighted by Crippen LogP contribution is 2.06. The van der Waals surface area contributed by atoms with Crippen LogP contribution in [0.2, 0.25) is 0 Å². The first-order valence-corrected chi connectivity index (χ1v) is 5.04. The summed E-state index contributed by atoms with van der Waals surface area (Å²) >= 11 is 0. The number of aliphatic imine (C=N–C) groups is 1. The van der Waals surface area contributed by atoms with Crippen molar-refractivity contribution in [3.63, 3.8) is 0 Å². The molecule has 0 saturated carbocycles. The fourth-order valence-electron chi connectivity index (χ4n) is 1.27. The van der Waals surface area contributed by atoms with Crippen molar-refractivity contribution in [2.45, 2.75) is 19.3 Å². The van der Waals surface area contributed by atoms with Gasteiger partial charge in [-0.05, 0) is 30.9 Å². The minimum atomic E-state index is 0.889. The minimum absolute atomic E-state index is 0.889. The van der Waals surface area contributed by atoms with Crippen LogP contribution >= 0.6 is 0 Å². The molecular formula is C13H17N. The highest BCUT2D eigenvalue weighted by molar-refractivity contribution is 6.11. The van der Waals surface area contributed by atoms with Gasteiger partial charge in [0.15, 0.2) is 0 Å². The van der Waals surface area contributed by atoms with Gasteiger partial charge in [0.1, 0.15) is 0 Å². The van der Waals surface area contributed by atoms with Crippen molar-refractivity contribution >= 4 is 5.71 Å². The van der Waals surface area contributed by atoms with Crippen LogP contribution in [0.15, 0.2) is 54.1 Å². The average molecular weight is 187 g/mol. The highest BCUT2D eigenvalue weighted by Gasteiger charge is 1.99. The van der Waals surface area contributed by atoms with Gasteiger partial charge in [-0.2, -0.15) is 0 Å². The predicted octanol–water partition coefficient (Wildman–Crippen LogP) is 3.47. The van der Waals surface area contributed by atoms with Gasteiger partial charge in [-0.1, -0.05) is 30.9 Å².